The van der Waals surface area contributed by atoms with Gasteiger partial charge in [-0.15, -0.1) is 0 Å². The van der Waals surface area contributed by atoms with Crippen LogP contribution in [0.4, 0.5) is 11.4 Å². The first kappa shape index (κ1) is 22.9. The molecule has 0 aliphatic rings. The topological polar surface area (TPSA) is 21.7 Å². The van der Waals surface area contributed by atoms with Gasteiger partial charge in [0.2, 0.25) is 0 Å². The van der Waals surface area contributed by atoms with Crippen molar-refractivity contribution >= 4 is 35.7 Å². The molecule has 0 aliphatic heterocycles. The molecule has 0 heterocycles. The fourth-order valence-electron chi connectivity index (χ4n) is 3.58. The summed E-state index contributed by atoms with van der Waals surface area (Å²) in [5, 5.41) is 0. The molecule has 0 spiro atoms. The number of hydrogen-bond acceptors (Lipinski definition) is 3. The van der Waals surface area contributed by atoms with Gasteiger partial charge >= 0.3 is 0 Å². The Balaban J connectivity index is 1.38. The lowest BCUT2D eigenvalue weighted by molar-refractivity contribution is 0.414. The summed E-state index contributed by atoms with van der Waals surface area (Å²) in [6.07, 6.45) is 8.46. The number of anilines is 2. The lowest BCUT2D eigenvalue weighted by Crippen LogP contribution is -2.08. The number of benzene rings is 4. The molecule has 34 heavy (non-hydrogen) atoms. The quantitative estimate of drug-likeness (QED) is 0.257. The highest BCUT2D eigenvalue weighted by Crippen LogP contribution is 2.25. The largest absolute Gasteiger partial charge is 0.497 e. The lowest BCUT2D eigenvalue weighted by Gasteiger charge is -2.20. The molecule has 0 fully saturated rings. The molecule has 0 amide bonds. The minimum absolute atomic E-state index is 0.867. The van der Waals surface area contributed by atoms with Crippen molar-refractivity contribution in [3.8, 4) is 11.5 Å². The summed E-state index contributed by atoms with van der Waals surface area (Å²) in [4.78, 5) is 2.19. The van der Waals surface area contributed by atoms with Crippen LogP contribution in [-0.2, 0) is 0 Å². The van der Waals surface area contributed by atoms with Gasteiger partial charge in [-0.25, -0.2) is 0 Å². The van der Waals surface area contributed by atoms with Crippen molar-refractivity contribution in [2.45, 2.75) is 0 Å². The smallest absolute Gasteiger partial charge is 0.118 e. The maximum atomic E-state index is 5.21. The summed E-state index contributed by atoms with van der Waals surface area (Å²) in [7, 11) is 5.45. The Morgan fingerprint density at radius 1 is 0.441 bits per heavy atom. The van der Waals surface area contributed by atoms with E-state index in [0.29, 0.717) is 0 Å². The third kappa shape index (κ3) is 5.96. The van der Waals surface area contributed by atoms with Crippen LogP contribution in [0.2, 0.25) is 0 Å². The molecule has 0 atom stereocenters. The molecule has 0 radical (unpaired) electrons. The van der Waals surface area contributed by atoms with Gasteiger partial charge in [-0.1, -0.05) is 72.8 Å². The third-order valence-electron chi connectivity index (χ3n) is 5.73. The van der Waals surface area contributed by atoms with Crippen molar-refractivity contribution in [2.75, 3.05) is 26.2 Å². The predicted molar refractivity (Wildman–Crippen MR) is 145 cm³/mol. The van der Waals surface area contributed by atoms with Crippen molar-refractivity contribution in [3.63, 3.8) is 0 Å². The SMILES string of the molecule is COc1ccc(/C=C/c2ccc(N(C)c3ccc(/C=C/c4ccc(OC)cc4)cc3)cc2)cc1. The first-order chi connectivity index (χ1) is 16.6. The zero-order valence-electron chi connectivity index (χ0n) is 19.8. The summed E-state index contributed by atoms with van der Waals surface area (Å²) >= 11 is 0. The predicted octanol–water partition coefficient (Wildman–Crippen LogP) is 7.81. The third-order valence-corrected chi connectivity index (χ3v) is 5.73. The second-order valence-corrected chi connectivity index (χ2v) is 7.96. The Kier molecular flexibility index (Phi) is 7.46. The van der Waals surface area contributed by atoms with Crippen molar-refractivity contribution < 1.29 is 9.47 Å². The first-order valence-electron chi connectivity index (χ1n) is 11.2. The number of rotatable bonds is 8. The molecule has 0 bridgehead atoms. The van der Waals surface area contributed by atoms with E-state index >= 15 is 0 Å². The fraction of sp³-hybridized carbons (Fsp3) is 0.0968. The highest BCUT2D eigenvalue weighted by Gasteiger charge is 2.03. The van der Waals surface area contributed by atoms with Gasteiger partial charge < -0.3 is 14.4 Å². The molecule has 0 unspecified atom stereocenters. The molecule has 170 valence electrons. The Morgan fingerprint density at radius 2 is 0.706 bits per heavy atom. The van der Waals surface area contributed by atoms with Crippen LogP contribution in [0, 0.1) is 0 Å². The van der Waals surface area contributed by atoms with E-state index < -0.39 is 0 Å². The molecule has 4 aromatic carbocycles. The average Bonchev–Trinajstić information content (AvgIpc) is 2.91. The van der Waals surface area contributed by atoms with Gasteiger partial charge in [0.1, 0.15) is 11.5 Å². The van der Waals surface area contributed by atoms with E-state index in [2.05, 4.69) is 84.8 Å². The highest BCUT2D eigenvalue weighted by atomic mass is 16.5. The van der Waals surface area contributed by atoms with E-state index in [1.54, 1.807) is 14.2 Å². The van der Waals surface area contributed by atoms with Gasteiger partial charge in [0.25, 0.3) is 0 Å². The monoisotopic (exact) mass is 447 g/mol. The summed E-state index contributed by atoms with van der Waals surface area (Å²) in [6.45, 7) is 0. The maximum Gasteiger partial charge on any atom is 0.118 e. The lowest BCUT2D eigenvalue weighted by atomic mass is 10.1. The molecule has 0 aromatic heterocycles. The standard InChI is InChI=1S/C31H29NO2/c1-32(28-16-8-24(9-17-28)4-6-26-12-20-30(33-2)21-13-26)29-18-10-25(11-19-29)5-7-27-14-22-31(34-3)23-15-27/h4-23H,1-3H3/b6-4+,7-5+. The molecule has 4 aromatic rings. The van der Waals surface area contributed by atoms with Crippen LogP contribution in [0.15, 0.2) is 97.1 Å². The normalized spacial score (nSPS) is 11.1. The fourth-order valence-corrected chi connectivity index (χ4v) is 3.58. The van der Waals surface area contributed by atoms with Crippen LogP contribution in [0.5, 0.6) is 11.5 Å². The molecular weight excluding hydrogens is 418 g/mol. The Hall–Kier alpha value is -4.24. The van der Waals surface area contributed by atoms with Crippen molar-refractivity contribution in [1.82, 2.24) is 0 Å². The van der Waals surface area contributed by atoms with E-state index in [0.717, 1.165) is 45.1 Å². The van der Waals surface area contributed by atoms with Crippen LogP contribution in [0.25, 0.3) is 24.3 Å². The van der Waals surface area contributed by atoms with E-state index in [1.807, 2.05) is 48.5 Å². The van der Waals surface area contributed by atoms with Gasteiger partial charge in [0, 0.05) is 18.4 Å². The zero-order chi connectivity index (χ0) is 23.8. The minimum atomic E-state index is 0.867. The number of hydrogen-bond donors (Lipinski definition) is 0. The Labute approximate surface area is 202 Å². The first-order valence-corrected chi connectivity index (χ1v) is 11.2. The van der Waals surface area contributed by atoms with Crippen LogP contribution < -0.4 is 14.4 Å². The molecule has 0 aliphatic carbocycles. The molecule has 4 rings (SSSR count). The van der Waals surface area contributed by atoms with Crippen LogP contribution in [0.3, 0.4) is 0 Å². The molecule has 0 saturated heterocycles. The second kappa shape index (κ2) is 11.1. The zero-order valence-corrected chi connectivity index (χ0v) is 19.8. The van der Waals surface area contributed by atoms with Gasteiger partial charge in [-0.3, -0.25) is 0 Å². The van der Waals surface area contributed by atoms with E-state index in [-0.39, 0.29) is 0 Å². The van der Waals surface area contributed by atoms with Crippen LogP contribution >= 0.6 is 0 Å². The van der Waals surface area contributed by atoms with Crippen LogP contribution in [0.1, 0.15) is 22.3 Å². The highest BCUT2D eigenvalue weighted by molar-refractivity contribution is 5.73. The van der Waals surface area contributed by atoms with Gasteiger partial charge in [-0.05, 0) is 70.8 Å². The van der Waals surface area contributed by atoms with Crippen molar-refractivity contribution in [1.29, 1.82) is 0 Å². The summed E-state index contributed by atoms with van der Waals surface area (Å²) in [5.74, 6) is 1.73. The van der Waals surface area contributed by atoms with Gasteiger partial charge in [0.05, 0.1) is 14.2 Å². The van der Waals surface area contributed by atoms with Crippen molar-refractivity contribution in [3.05, 3.63) is 119 Å². The maximum absolute atomic E-state index is 5.21. The van der Waals surface area contributed by atoms with E-state index in [9.17, 15) is 0 Å². The summed E-state index contributed by atoms with van der Waals surface area (Å²) in [5.41, 5.74) is 6.89. The Morgan fingerprint density at radius 3 is 0.971 bits per heavy atom. The molecule has 0 N–H and O–H groups in total. The van der Waals surface area contributed by atoms with Gasteiger partial charge in [0.15, 0.2) is 0 Å². The molecule has 3 heteroatoms. The minimum Gasteiger partial charge on any atom is -0.497 e. The average molecular weight is 448 g/mol. The number of nitrogens with zero attached hydrogens (tertiary/aromatic N) is 1. The van der Waals surface area contributed by atoms with Gasteiger partial charge in [-0.2, -0.15) is 0 Å². The summed E-state index contributed by atoms with van der Waals surface area (Å²) in [6, 6.07) is 33.2. The molecule has 0 saturated carbocycles. The van der Waals surface area contributed by atoms with Crippen molar-refractivity contribution in [2.24, 2.45) is 0 Å². The van der Waals surface area contributed by atoms with Crippen LogP contribution in [-0.4, -0.2) is 21.3 Å². The van der Waals surface area contributed by atoms with E-state index in [4.69, 9.17) is 9.47 Å². The molecule has 3 nitrogen and oxygen atoms in total. The Bertz CT molecular complexity index is 1140. The number of ether oxygens (including phenoxy) is 2. The number of methoxy groups -OCH3 is 2. The van der Waals surface area contributed by atoms with E-state index in [1.165, 1.54) is 0 Å². The summed E-state index contributed by atoms with van der Waals surface area (Å²) < 4.78 is 10.4. The molecular formula is C31H29NO2. The second-order valence-electron chi connectivity index (χ2n) is 7.96.